The maximum Gasteiger partial charge on any atom is 0.262 e. The third-order valence-corrected chi connectivity index (χ3v) is 6.48. The van der Waals surface area contributed by atoms with E-state index in [4.69, 9.17) is 32.7 Å². The van der Waals surface area contributed by atoms with Gasteiger partial charge in [0.2, 0.25) is 11.8 Å². The minimum atomic E-state index is -0.394. The van der Waals surface area contributed by atoms with E-state index in [9.17, 15) is 14.4 Å². The van der Waals surface area contributed by atoms with Crippen LogP contribution in [-0.2, 0) is 19.1 Å². The van der Waals surface area contributed by atoms with Crippen LogP contribution in [0.3, 0.4) is 0 Å². The van der Waals surface area contributed by atoms with E-state index in [2.05, 4.69) is 10.6 Å². The van der Waals surface area contributed by atoms with Gasteiger partial charge in [-0.3, -0.25) is 14.4 Å². The Kier molecular flexibility index (Phi) is 7.92. The number of anilines is 2. The zero-order valence-corrected chi connectivity index (χ0v) is 19.9. The Balaban J connectivity index is 1.25. The van der Waals surface area contributed by atoms with Crippen molar-refractivity contribution in [3.63, 3.8) is 0 Å². The van der Waals surface area contributed by atoms with Crippen molar-refractivity contribution >= 4 is 52.3 Å². The summed E-state index contributed by atoms with van der Waals surface area (Å²) in [5, 5.41) is 6.33. The van der Waals surface area contributed by atoms with Gasteiger partial charge >= 0.3 is 0 Å². The summed E-state index contributed by atoms with van der Waals surface area (Å²) in [7, 11) is 0. The highest BCUT2D eigenvalue weighted by Crippen LogP contribution is 2.28. The van der Waals surface area contributed by atoms with Crippen molar-refractivity contribution in [2.75, 3.05) is 36.5 Å². The molecule has 2 aliphatic rings. The topological polar surface area (TPSA) is 97.0 Å². The van der Waals surface area contributed by atoms with Gasteiger partial charge in [0.05, 0.1) is 22.1 Å². The van der Waals surface area contributed by atoms with Crippen LogP contribution in [-0.4, -0.2) is 50.1 Å². The predicted molar refractivity (Wildman–Crippen MR) is 129 cm³/mol. The third kappa shape index (κ3) is 6.20. The molecule has 34 heavy (non-hydrogen) atoms. The lowest BCUT2D eigenvalue weighted by molar-refractivity contribution is -0.126. The van der Waals surface area contributed by atoms with Crippen LogP contribution in [0, 0.1) is 5.92 Å². The Morgan fingerprint density at radius 2 is 1.91 bits per heavy atom. The normalized spacial score (nSPS) is 19.8. The average molecular weight is 506 g/mol. The molecule has 2 aliphatic heterocycles. The van der Waals surface area contributed by atoms with E-state index in [-0.39, 0.29) is 36.9 Å². The summed E-state index contributed by atoms with van der Waals surface area (Å²) < 4.78 is 11.1. The molecule has 0 spiro atoms. The largest absolute Gasteiger partial charge is 0.484 e. The Morgan fingerprint density at radius 1 is 1.12 bits per heavy atom. The molecule has 2 N–H and O–H groups in total. The summed E-state index contributed by atoms with van der Waals surface area (Å²) in [5.74, 6) is -0.499. The lowest BCUT2D eigenvalue weighted by Gasteiger charge is -2.18. The minimum absolute atomic E-state index is 0.0655. The van der Waals surface area contributed by atoms with E-state index >= 15 is 0 Å². The maximum absolute atomic E-state index is 12.5. The second kappa shape index (κ2) is 11.1. The number of nitrogens with zero attached hydrogens (tertiary/aromatic N) is 1. The van der Waals surface area contributed by atoms with Crippen LogP contribution in [0.5, 0.6) is 5.75 Å². The molecule has 2 fully saturated rings. The second-order valence-electron chi connectivity index (χ2n) is 8.25. The molecule has 0 aliphatic carbocycles. The van der Waals surface area contributed by atoms with Gasteiger partial charge in [-0.05, 0) is 55.3 Å². The fraction of sp³-hybridized carbons (Fsp3) is 0.375. The third-order valence-electron chi connectivity index (χ3n) is 5.75. The molecule has 0 bridgehead atoms. The van der Waals surface area contributed by atoms with Gasteiger partial charge in [0, 0.05) is 37.5 Å². The van der Waals surface area contributed by atoms with Crippen LogP contribution in [0.2, 0.25) is 10.0 Å². The lowest BCUT2D eigenvalue weighted by atomic mass is 10.1. The molecular weight excluding hydrogens is 481 g/mol. The smallest absolute Gasteiger partial charge is 0.262 e. The molecule has 2 saturated heterocycles. The number of rotatable bonds is 8. The lowest BCUT2D eigenvalue weighted by Crippen LogP contribution is -2.37. The standard InChI is InChI=1S/C24H25Cl2N3O5/c25-20-8-3-16(11-21(20)26)28-22(30)14-34-18-6-4-17(5-7-18)29-13-15(10-23(29)31)24(32)27-12-19-2-1-9-33-19/h3-8,11,15,19H,1-2,9-10,12-14H2,(H,27,32)(H,28,30)/t15-,19-/m0/s1. The van der Waals surface area contributed by atoms with Crippen molar-refractivity contribution in [3.8, 4) is 5.75 Å². The predicted octanol–water partition coefficient (Wildman–Crippen LogP) is 3.66. The van der Waals surface area contributed by atoms with Gasteiger partial charge in [0.1, 0.15) is 5.75 Å². The highest BCUT2D eigenvalue weighted by molar-refractivity contribution is 6.42. The first-order valence-electron chi connectivity index (χ1n) is 11.1. The van der Waals surface area contributed by atoms with Gasteiger partial charge in [-0.1, -0.05) is 23.2 Å². The fourth-order valence-electron chi connectivity index (χ4n) is 3.94. The van der Waals surface area contributed by atoms with Crippen LogP contribution in [0.25, 0.3) is 0 Å². The molecule has 2 aromatic rings. The van der Waals surface area contributed by atoms with Crippen molar-refractivity contribution in [1.29, 1.82) is 0 Å². The first-order chi connectivity index (χ1) is 16.4. The average Bonchev–Trinajstić information content (AvgIpc) is 3.49. The van der Waals surface area contributed by atoms with Gasteiger partial charge < -0.3 is 25.0 Å². The number of amides is 3. The van der Waals surface area contributed by atoms with E-state index in [1.54, 1.807) is 47.4 Å². The molecular formula is C24H25Cl2N3O5. The first kappa shape index (κ1) is 24.3. The molecule has 2 atom stereocenters. The summed E-state index contributed by atoms with van der Waals surface area (Å²) in [6.07, 6.45) is 2.19. The quantitative estimate of drug-likeness (QED) is 0.570. The van der Waals surface area contributed by atoms with Gasteiger partial charge in [0.15, 0.2) is 6.61 Å². The van der Waals surface area contributed by atoms with Crippen LogP contribution < -0.4 is 20.3 Å². The summed E-state index contributed by atoms with van der Waals surface area (Å²) in [4.78, 5) is 38.7. The molecule has 0 unspecified atom stereocenters. The number of hydrogen-bond donors (Lipinski definition) is 2. The minimum Gasteiger partial charge on any atom is -0.484 e. The molecule has 2 heterocycles. The van der Waals surface area contributed by atoms with E-state index < -0.39 is 5.92 Å². The Hall–Kier alpha value is -2.81. The van der Waals surface area contributed by atoms with E-state index in [1.165, 1.54) is 0 Å². The molecule has 10 heteroatoms. The fourth-order valence-corrected chi connectivity index (χ4v) is 4.24. The number of carbonyl (C=O) groups excluding carboxylic acids is 3. The molecule has 180 valence electrons. The van der Waals surface area contributed by atoms with Crippen LogP contribution in [0.1, 0.15) is 19.3 Å². The van der Waals surface area contributed by atoms with Crippen molar-refractivity contribution < 1.29 is 23.9 Å². The molecule has 0 saturated carbocycles. The van der Waals surface area contributed by atoms with Crippen LogP contribution >= 0.6 is 23.2 Å². The van der Waals surface area contributed by atoms with Gasteiger partial charge in [-0.25, -0.2) is 0 Å². The molecule has 4 rings (SSSR count). The number of nitrogens with one attached hydrogen (secondary N) is 2. The molecule has 8 nitrogen and oxygen atoms in total. The second-order valence-corrected chi connectivity index (χ2v) is 9.06. The Morgan fingerprint density at radius 3 is 2.62 bits per heavy atom. The molecule has 2 aromatic carbocycles. The van der Waals surface area contributed by atoms with Crippen LogP contribution in [0.15, 0.2) is 42.5 Å². The Labute approximate surface area is 207 Å². The molecule has 0 aromatic heterocycles. The van der Waals surface area contributed by atoms with Gasteiger partial charge in [0.25, 0.3) is 5.91 Å². The zero-order chi connectivity index (χ0) is 24.1. The van der Waals surface area contributed by atoms with Gasteiger partial charge in [-0.15, -0.1) is 0 Å². The van der Waals surface area contributed by atoms with Crippen molar-refractivity contribution in [3.05, 3.63) is 52.5 Å². The van der Waals surface area contributed by atoms with Crippen molar-refractivity contribution in [2.45, 2.75) is 25.4 Å². The van der Waals surface area contributed by atoms with E-state index in [0.29, 0.717) is 40.3 Å². The van der Waals surface area contributed by atoms with Gasteiger partial charge in [-0.2, -0.15) is 0 Å². The number of ether oxygens (including phenoxy) is 2. The number of benzene rings is 2. The zero-order valence-electron chi connectivity index (χ0n) is 18.4. The van der Waals surface area contributed by atoms with E-state index in [0.717, 1.165) is 19.4 Å². The van der Waals surface area contributed by atoms with Crippen molar-refractivity contribution in [2.24, 2.45) is 5.92 Å². The molecule has 3 amide bonds. The van der Waals surface area contributed by atoms with Crippen LogP contribution in [0.4, 0.5) is 11.4 Å². The number of hydrogen-bond acceptors (Lipinski definition) is 5. The summed E-state index contributed by atoms with van der Waals surface area (Å²) in [6.45, 7) is 1.34. The monoisotopic (exact) mass is 505 g/mol. The molecule has 0 radical (unpaired) electrons. The maximum atomic E-state index is 12.5. The highest BCUT2D eigenvalue weighted by atomic mass is 35.5. The SMILES string of the molecule is O=C(COc1ccc(N2C[C@@H](C(=O)NC[C@@H]3CCCO3)CC2=O)cc1)Nc1ccc(Cl)c(Cl)c1. The summed E-state index contributed by atoms with van der Waals surface area (Å²) in [6, 6.07) is 11.6. The Bertz CT molecular complexity index is 1060. The number of halogens is 2. The van der Waals surface area contributed by atoms with Crippen molar-refractivity contribution in [1.82, 2.24) is 5.32 Å². The number of carbonyl (C=O) groups is 3. The first-order valence-corrected chi connectivity index (χ1v) is 11.8. The summed E-state index contributed by atoms with van der Waals surface area (Å²) >= 11 is 11.8. The van der Waals surface area contributed by atoms with E-state index in [1.807, 2.05) is 0 Å². The summed E-state index contributed by atoms with van der Waals surface area (Å²) in [5.41, 5.74) is 1.19. The highest BCUT2D eigenvalue weighted by Gasteiger charge is 2.35.